The molecule has 2 amide bonds. The van der Waals surface area contributed by atoms with Crippen LogP contribution in [-0.4, -0.2) is 16.0 Å². The van der Waals surface area contributed by atoms with Crippen molar-refractivity contribution in [3.63, 3.8) is 0 Å². The molecule has 0 aliphatic carbocycles. The molecule has 3 rings (SSSR count). The Morgan fingerprint density at radius 1 is 1.09 bits per heavy atom. The van der Waals surface area contributed by atoms with Gasteiger partial charge in [-0.1, -0.05) is 12.1 Å². The molecule has 0 aliphatic rings. The van der Waals surface area contributed by atoms with Crippen LogP contribution in [0, 0.1) is 16.1 Å². The van der Waals surface area contributed by atoms with Gasteiger partial charge in [0, 0.05) is 4.47 Å². The van der Waals surface area contributed by atoms with Crippen molar-refractivity contribution in [2.24, 2.45) is 0 Å². The highest BCUT2D eigenvalue weighted by molar-refractivity contribution is 9.10. The fourth-order valence-electron chi connectivity index (χ4n) is 2.16. The van der Waals surface area contributed by atoms with E-state index in [2.05, 4.69) is 42.6 Å². The summed E-state index contributed by atoms with van der Waals surface area (Å²) in [6.45, 7) is 0. The van der Waals surface area contributed by atoms with Crippen LogP contribution in [0.4, 0.5) is 16.2 Å². The molecule has 0 saturated heterocycles. The van der Waals surface area contributed by atoms with Crippen LogP contribution < -0.4 is 10.6 Å². The molecule has 0 bridgehead atoms. The molecule has 4 N–H and O–H groups in total. The fourth-order valence-corrected chi connectivity index (χ4v) is 2.74. The van der Waals surface area contributed by atoms with Gasteiger partial charge in [0.2, 0.25) is 0 Å². The molecule has 3 aromatic rings. The second-order valence-electron chi connectivity index (χ2n) is 4.66. The lowest BCUT2D eigenvalue weighted by atomic mass is 10.2. The molecule has 6 nitrogen and oxygen atoms in total. The van der Waals surface area contributed by atoms with E-state index in [1.54, 1.807) is 18.2 Å². The first kappa shape index (κ1) is 15.3. The van der Waals surface area contributed by atoms with Crippen LogP contribution in [-0.2, 0) is 0 Å². The topological polar surface area (TPSA) is 96.5 Å². The number of para-hydroxylation sites is 1. The van der Waals surface area contributed by atoms with Gasteiger partial charge in [0.25, 0.3) is 0 Å². The maximum Gasteiger partial charge on any atom is 0.323 e. The molecule has 0 atom stereocenters. The van der Waals surface area contributed by atoms with Crippen LogP contribution >= 0.6 is 28.1 Å². The fraction of sp³-hybridized carbons (Fsp3) is 0. The van der Waals surface area contributed by atoms with Crippen molar-refractivity contribution in [3.8, 4) is 6.07 Å². The lowest BCUT2D eigenvalue weighted by Gasteiger charge is -2.10. The minimum atomic E-state index is -0.400. The maximum atomic E-state index is 12.2. The smallest absolute Gasteiger partial charge is 0.323 e. The van der Waals surface area contributed by atoms with Gasteiger partial charge in [-0.05, 0) is 52.4 Å². The molecule has 0 radical (unpaired) electrons. The maximum absolute atomic E-state index is 12.2. The normalized spacial score (nSPS) is 10.3. The Morgan fingerprint density at radius 2 is 1.78 bits per heavy atom. The SMILES string of the molecule is N#Cc1ccc(NC(=O)Nc2ccccc2Br)c2[nH]c(=S)[nH]c12. The number of hydrogen-bond acceptors (Lipinski definition) is 3. The molecule has 0 spiro atoms. The minimum absolute atomic E-state index is 0.386. The van der Waals surface area contributed by atoms with Gasteiger partial charge < -0.3 is 20.6 Å². The van der Waals surface area contributed by atoms with E-state index in [-0.39, 0.29) is 0 Å². The number of urea groups is 1. The largest absolute Gasteiger partial charge is 0.330 e. The average molecular weight is 388 g/mol. The number of anilines is 2. The Labute approximate surface area is 144 Å². The van der Waals surface area contributed by atoms with Crippen molar-refractivity contribution >= 4 is 56.6 Å². The average Bonchev–Trinajstić information content (AvgIpc) is 2.92. The molecule has 2 aromatic carbocycles. The van der Waals surface area contributed by atoms with Crippen LogP contribution in [0.3, 0.4) is 0 Å². The second kappa shape index (κ2) is 6.24. The predicted octanol–water partition coefficient (Wildman–Crippen LogP) is 4.50. The number of nitrogens with one attached hydrogen (secondary N) is 4. The Bertz CT molecular complexity index is 1000. The summed E-state index contributed by atoms with van der Waals surface area (Å²) in [6, 6.07) is 12.2. The molecule has 8 heteroatoms. The van der Waals surface area contributed by atoms with E-state index in [0.717, 1.165) is 4.47 Å². The first-order chi connectivity index (χ1) is 11.1. The minimum Gasteiger partial charge on any atom is -0.330 e. The number of nitrogens with zero attached hydrogens (tertiary/aromatic N) is 1. The standard InChI is InChI=1S/C15H10BrN5OS/c16-9-3-1-2-4-10(9)18-14(22)19-11-6-5-8(7-17)12-13(11)21-15(23)20-12/h1-6H,(H2,18,19,22)(H2,20,21,23). The number of benzene rings is 2. The van der Waals surface area contributed by atoms with Crippen molar-refractivity contribution in [1.82, 2.24) is 9.97 Å². The number of carbonyl (C=O) groups excluding carboxylic acids is 1. The van der Waals surface area contributed by atoms with Gasteiger partial charge in [-0.3, -0.25) is 0 Å². The number of amides is 2. The van der Waals surface area contributed by atoms with Crippen molar-refractivity contribution in [2.75, 3.05) is 10.6 Å². The third-order valence-corrected chi connectivity index (χ3v) is 4.07. The van der Waals surface area contributed by atoms with Gasteiger partial charge >= 0.3 is 6.03 Å². The van der Waals surface area contributed by atoms with E-state index in [9.17, 15) is 4.79 Å². The number of halogens is 1. The van der Waals surface area contributed by atoms with Crippen LogP contribution in [0.15, 0.2) is 40.9 Å². The number of carbonyl (C=O) groups is 1. The zero-order valence-corrected chi connectivity index (χ0v) is 14.0. The number of aromatic amines is 2. The monoisotopic (exact) mass is 387 g/mol. The molecule has 0 aliphatic heterocycles. The molecule has 0 unspecified atom stereocenters. The van der Waals surface area contributed by atoms with E-state index in [4.69, 9.17) is 17.5 Å². The highest BCUT2D eigenvalue weighted by Crippen LogP contribution is 2.25. The van der Waals surface area contributed by atoms with Crippen molar-refractivity contribution in [1.29, 1.82) is 5.26 Å². The van der Waals surface area contributed by atoms with E-state index < -0.39 is 6.03 Å². The summed E-state index contributed by atoms with van der Waals surface area (Å²) in [7, 11) is 0. The highest BCUT2D eigenvalue weighted by Gasteiger charge is 2.11. The lowest BCUT2D eigenvalue weighted by Crippen LogP contribution is -2.19. The van der Waals surface area contributed by atoms with Gasteiger partial charge in [-0.2, -0.15) is 5.26 Å². The van der Waals surface area contributed by atoms with Gasteiger partial charge in [0.15, 0.2) is 4.77 Å². The number of fused-ring (bicyclic) bond motifs is 1. The summed E-state index contributed by atoms with van der Waals surface area (Å²) in [5.74, 6) is 0. The number of rotatable bonds is 2. The third-order valence-electron chi connectivity index (χ3n) is 3.17. The van der Waals surface area contributed by atoms with Gasteiger partial charge in [-0.25, -0.2) is 4.79 Å². The molecular formula is C15H10BrN5OS. The molecule has 1 heterocycles. The van der Waals surface area contributed by atoms with E-state index >= 15 is 0 Å². The molecule has 0 saturated carbocycles. The van der Waals surface area contributed by atoms with E-state index in [1.165, 1.54) is 0 Å². The van der Waals surface area contributed by atoms with E-state index in [0.29, 0.717) is 32.7 Å². The lowest BCUT2D eigenvalue weighted by molar-refractivity contribution is 0.262. The number of nitriles is 1. The van der Waals surface area contributed by atoms with Crippen LogP contribution in [0.5, 0.6) is 0 Å². The summed E-state index contributed by atoms with van der Waals surface area (Å²) in [5.41, 5.74) is 2.77. The number of aromatic nitrogens is 2. The molecule has 23 heavy (non-hydrogen) atoms. The van der Waals surface area contributed by atoms with Crippen LogP contribution in [0.1, 0.15) is 5.56 Å². The zero-order chi connectivity index (χ0) is 16.4. The first-order valence-electron chi connectivity index (χ1n) is 6.56. The number of H-pyrrole nitrogens is 2. The highest BCUT2D eigenvalue weighted by atomic mass is 79.9. The number of imidazole rings is 1. The summed E-state index contributed by atoms with van der Waals surface area (Å²) in [5, 5.41) is 14.6. The second-order valence-corrected chi connectivity index (χ2v) is 5.92. The third kappa shape index (κ3) is 3.11. The molecule has 114 valence electrons. The quantitative estimate of drug-likeness (QED) is 0.487. The Morgan fingerprint density at radius 3 is 2.52 bits per heavy atom. The zero-order valence-electron chi connectivity index (χ0n) is 11.6. The summed E-state index contributed by atoms with van der Waals surface area (Å²) in [4.78, 5) is 18.0. The molecule has 0 fully saturated rings. The summed E-state index contributed by atoms with van der Waals surface area (Å²) < 4.78 is 1.16. The van der Waals surface area contributed by atoms with Gasteiger partial charge in [-0.15, -0.1) is 0 Å². The van der Waals surface area contributed by atoms with Crippen molar-refractivity contribution in [3.05, 3.63) is 51.2 Å². The predicted molar refractivity (Wildman–Crippen MR) is 95.0 cm³/mol. The van der Waals surface area contributed by atoms with Crippen molar-refractivity contribution in [2.45, 2.75) is 0 Å². The van der Waals surface area contributed by atoms with Crippen LogP contribution in [0.25, 0.3) is 11.0 Å². The Kier molecular flexibility index (Phi) is 4.14. The Hall–Kier alpha value is -2.63. The van der Waals surface area contributed by atoms with E-state index in [1.807, 2.05) is 18.2 Å². The van der Waals surface area contributed by atoms with Crippen LogP contribution in [0.2, 0.25) is 0 Å². The number of hydrogen-bond donors (Lipinski definition) is 4. The summed E-state index contributed by atoms with van der Waals surface area (Å²) >= 11 is 8.43. The molecule has 1 aromatic heterocycles. The summed E-state index contributed by atoms with van der Waals surface area (Å²) in [6.07, 6.45) is 0. The first-order valence-corrected chi connectivity index (χ1v) is 7.76. The molecular weight excluding hydrogens is 378 g/mol. The van der Waals surface area contributed by atoms with Gasteiger partial charge in [0.1, 0.15) is 6.07 Å². The van der Waals surface area contributed by atoms with Gasteiger partial charge in [0.05, 0.1) is 28.0 Å². The Balaban J connectivity index is 1.90. The van der Waals surface area contributed by atoms with Crippen molar-refractivity contribution < 1.29 is 4.79 Å².